The van der Waals surface area contributed by atoms with Gasteiger partial charge >= 0.3 is 0 Å². The number of aromatic amines is 1. The van der Waals surface area contributed by atoms with E-state index in [2.05, 4.69) is 34.0 Å². The summed E-state index contributed by atoms with van der Waals surface area (Å²) in [4.78, 5) is 15.2. The number of benzene rings is 1. The van der Waals surface area contributed by atoms with Crippen LogP contribution in [0.3, 0.4) is 0 Å². The van der Waals surface area contributed by atoms with Gasteiger partial charge in [-0.2, -0.15) is 0 Å². The first kappa shape index (κ1) is 24.7. The molecule has 1 aliphatic heterocycles. The Labute approximate surface area is 206 Å². The molecule has 0 saturated carbocycles. The van der Waals surface area contributed by atoms with Crippen LogP contribution in [0.2, 0.25) is 5.02 Å². The van der Waals surface area contributed by atoms with Crippen LogP contribution in [0.15, 0.2) is 42.7 Å². The maximum atomic E-state index is 10.2. The molecule has 3 heterocycles. The standard InChI is InChI=1S/C26H34ClN5O2/c1-26(2,29-17-18-8-12-32(13-9-18)14-15-34-3)25-30-23(19-6-10-28-11-7-19)24(31-25)20-4-5-21(27)22(33)16-20/h4-7,10-11,16,18,29,33H,8-9,12-15,17H2,1-3H3,(H,30,31). The molecule has 4 rings (SSSR count). The third kappa shape index (κ3) is 5.78. The highest BCUT2D eigenvalue weighted by atomic mass is 35.5. The first-order chi connectivity index (χ1) is 16.4. The number of imidazole rings is 1. The Kier molecular flexibility index (Phi) is 7.88. The molecule has 8 heteroatoms. The average Bonchev–Trinajstić information content (AvgIpc) is 3.31. The molecule has 182 valence electrons. The van der Waals surface area contributed by atoms with Crippen molar-refractivity contribution < 1.29 is 9.84 Å². The van der Waals surface area contributed by atoms with Gasteiger partial charge in [-0.25, -0.2) is 4.98 Å². The third-order valence-corrected chi connectivity index (χ3v) is 6.96. The lowest BCUT2D eigenvalue weighted by Crippen LogP contribution is -2.44. The number of aromatic hydroxyl groups is 1. The predicted molar refractivity (Wildman–Crippen MR) is 136 cm³/mol. The Morgan fingerprint density at radius 1 is 1.18 bits per heavy atom. The lowest BCUT2D eigenvalue weighted by molar-refractivity contribution is 0.118. The number of nitrogens with zero attached hydrogens (tertiary/aromatic N) is 3. The summed E-state index contributed by atoms with van der Waals surface area (Å²) in [6.45, 7) is 9.28. The Hall–Kier alpha value is -2.45. The van der Waals surface area contributed by atoms with Gasteiger partial charge in [0.05, 0.1) is 28.6 Å². The second kappa shape index (κ2) is 10.9. The number of hydrogen-bond acceptors (Lipinski definition) is 6. The molecule has 1 aliphatic rings. The first-order valence-electron chi connectivity index (χ1n) is 11.8. The van der Waals surface area contributed by atoms with Gasteiger partial charge in [0.2, 0.25) is 0 Å². The number of halogens is 1. The third-order valence-electron chi connectivity index (χ3n) is 6.64. The monoisotopic (exact) mass is 483 g/mol. The van der Waals surface area contributed by atoms with Crippen LogP contribution in [0.1, 0.15) is 32.5 Å². The molecule has 1 fully saturated rings. The van der Waals surface area contributed by atoms with E-state index in [9.17, 15) is 5.11 Å². The smallest absolute Gasteiger partial charge is 0.134 e. The van der Waals surface area contributed by atoms with Crippen LogP contribution in [0, 0.1) is 5.92 Å². The molecule has 0 atom stereocenters. The topological polar surface area (TPSA) is 86.3 Å². The number of likely N-dealkylation sites (tertiary alicyclic amines) is 1. The van der Waals surface area contributed by atoms with Gasteiger partial charge in [0.25, 0.3) is 0 Å². The zero-order valence-electron chi connectivity index (χ0n) is 20.1. The van der Waals surface area contributed by atoms with Gasteiger partial charge in [-0.15, -0.1) is 0 Å². The molecular formula is C26H34ClN5O2. The van der Waals surface area contributed by atoms with Crippen LogP contribution in [0.4, 0.5) is 0 Å². The van der Waals surface area contributed by atoms with Gasteiger partial charge in [0.1, 0.15) is 11.6 Å². The fourth-order valence-electron chi connectivity index (χ4n) is 4.38. The number of rotatable bonds is 9. The summed E-state index contributed by atoms with van der Waals surface area (Å²) in [5.41, 5.74) is 3.09. The van der Waals surface area contributed by atoms with E-state index >= 15 is 0 Å². The molecule has 0 unspecified atom stereocenters. The van der Waals surface area contributed by atoms with E-state index < -0.39 is 0 Å². The highest BCUT2D eigenvalue weighted by Gasteiger charge is 2.28. The van der Waals surface area contributed by atoms with Crippen molar-refractivity contribution in [3.8, 4) is 28.3 Å². The van der Waals surface area contributed by atoms with Crippen LogP contribution < -0.4 is 5.32 Å². The Bertz CT molecular complexity index is 1080. The highest BCUT2D eigenvalue weighted by Crippen LogP contribution is 2.36. The number of methoxy groups -OCH3 is 1. The van der Waals surface area contributed by atoms with Gasteiger partial charge in [-0.3, -0.25) is 4.98 Å². The number of phenols is 1. The molecule has 1 aromatic carbocycles. The number of pyridine rings is 1. The zero-order chi connectivity index (χ0) is 24.1. The number of phenolic OH excluding ortho intramolecular Hbond substituents is 1. The lowest BCUT2D eigenvalue weighted by Gasteiger charge is -2.34. The molecule has 34 heavy (non-hydrogen) atoms. The quantitative estimate of drug-likeness (QED) is 0.409. The van der Waals surface area contributed by atoms with Crippen LogP contribution in [-0.2, 0) is 10.3 Å². The van der Waals surface area contributed by atoms with E-state index in [0.717, 1.165) is 61.1 Å². The number of ether oxygens (including phenoxy) is 1. The number of piperidine rings is 1. The Balaban J connectivity index is 1.53. The van der Waals surface area contributed by atoms with E-state index in [1.807, 2.05) is 18.2 Å². The van der Waals surface area contributed by atoms with E-state index in [0.29, 0.717) is 10.9 Å². The SMILES string of the molecule is COCCN1CCC(CNC(C)(C)c2nc(-c3ccc(Cl)c(O)c3)c(-c3ccncc3)[nH]2)CC1. The average molecular weight is 484 g/mol. The van der Waals surface area contributed by atoms with Crippen molar-refractivity contribution >= 4 is 11.6 Å². The summed E-state index contributed by atoms with van der Waals surface area (Å²) in [6, 6.07) is 9.14. The normalized spacial score (nSPS) is 15.6. The largest absolute Gasteiger partial charge is 0.506 e. The van der Waals surface area contributed by atoms with Crippen molar-refractivity contribution in [1.29, 1.82) is 0 Å². The van der Waals surface area contributed by atoms with Crippen molar-refractivity contribution in [3.63, 3.8) is 0 Å². The van der Waals surface area contributed by atoms with Crippen LogP contribution in [0.5, 0.6) is 5.75 Å². The second-order valence-corrected chi connectivity index (χ2v) is 9.90. The molecule has 0 spiro atoms. The Morgan fingerprint density at radius 2 is 1.91 bits per heavy atom. The molecule has 0 bridgehead atoms. The minimum Gasteiger partial charge on any atom is -0.506 e. The van der Waals surface area contributed by atoms with E-state index in [4.69, 9.17) is 21.3 Å². The Morgan fingerprint density at radius 3 is 2.59 bits per heavy atom. The maximum Gasteiger partial charge on any atom is 0.134 e. The van der Waals surface area contributed by atoms with Crippen molar-refractivity contribution in [2.45, 2.75) is 32.2 Å². The lowest BCUT2D eigenvalue weighted by atomic mass is 9.95. The predicted octanol–water partition coefficient (Wildman–Crippen LogP) is 4.68. The highest BCUT2D eigenvalue weighted by molar-refractivity contribution is 6.32. The second-order valence-electron chi connectivity index (χ2n) is 9.49. The summed E-state index contributed by atoms with van der Waals surface area (Å²) >= 11 is 6.05. The van der Waals surface area contributed by atoms with Gasteiger partial charge in [-0.1, -0.05) is 17.7 Å². The zero-order valence-corrected chi connectivity index (χ0v) is 20.9. The first-order valence-corrected chi connectivity index (χ1v) is 12.2. The van der Waals surface area contributed by atoms with E-state index in [-0.39, 0.29) is 11.3 Å². The molecule has 7 nitrogen and oxygen atoms in total. The minimum absolute atomic E-state index is 0.0404. The molecule has 3 aromatic rings. The molecule has 0 amide bonds. The van der Waals surface area contributed by atoms with Gasteiger partial charge in [0, 0.05) is 37.2 Å². The number of nitrogens with one attached hydrogen (secondary N) is 2. The molecule has 1 saturated heterocycles. The molecule has 3 N–H and O–H groups in total. The number of H-pyrrole nitrogens is 1. The molecule has 2 aromatic heterocycles. The van der Waals surface area contributed by atoms with Crippen LogP contribution >= 0.6 is 11.6 Å². The van der Waals surface area contributed by atoms with E-state index in [1.54, 1.807) is 31.6 Å². The summed E-state index contributed by atoms with van der Waals surface area (Å²) in [5, 5.41) is 14.2. The fraction of sp³-hybridized carbons (Fsp3) is 0.462. The number of aromatic nitrogens is 3. The van der Waals surface area contributed by atoms with Crippen molar-refractivity contribution in [3.05, 3.63) is 53.6 Å². The molecular weight excluding hydrogens is 450 g/mol. The van der Waals surface area contributed by atoms with Crippen LogP contribution in [-0.4, -0.2) is 64.9 Å². The van der Waals surface area contributed by atoms with Gasteiger partial charge in [-0.05, 0) is 76.5 Å². The number of hydrogen-bond donors (Lipinski definition) is 3. The van der Waals surface area contributed by atoms with Gasteiger partial charge < -0.3 is 25.0 Å². The van der Waals surface area contributed by atoms with E-state index in [1.165, 1.54) is 12.8 Å². The fourth-order valence-corrected chi connectivity index (χ4v) is 4.50. The summed E-state index contributed by atoms with van der Waals surface area (Å²) in [5.74, 6) is 1.53. The minimum atomic E-state index is -0.359. The van der Waals surface area contributed by atoms with Crippen molar-refractivity contribution in [2.24, 2.45) is 5.92 Å². The van der Waals surface area contributed by atoms with Gasteiger partial charge in [0.15, 0.2) is 0 Å². The van der Waals surface area contributed by atoms with Crippen molar-refractivity contribution in [2.75, 3.05) is 39.9 Å². The summed E-state index contributed by atoms with van der Waals surface area (Å²) in [7, 11) is 1.76. The maximum absolute atomic E-state index is 10.2. The molecule has 0 aliphatic carbocycles. The molecule has 0 radical (unpaired) electrons. The van der Waals surface area contributed by atoms with Crippen LogP contribution in [0.25, 0.3) is 22.5 Å². The summed E-state index contributed by atoms with van der Waals surface area (Å²) in [6.07, 6.45) is 5.90. The summed E-state index contributed by atoms with van der Waals surface area (Å²) < 4.78 is 5.21. The van der Waals surface area contributed by atoms with Crippen molar-refractivity contribution in [1.82, 2.24) is 25.2 Å².